The Balaban J connectivity index is 2.41. The molecule has 1 amide bonds. The van der Waals surface area contributed by atoms with Crippen molar-refractivity contribution in [1.29, 1.82) is 0 Å². The lowest BCUT2D eigenvalue weighted by molar-refractivity contribution is -0.124. The van der Waals surface area contributed by atoms with Crippen LogP contribution in [0, 0.1) is 0 Å². The molecule has 2 bridgehead atoms. The number of amides is 1. The summed E-state index contributed by atoms with van der Waals surface area (Å²) >= 11 is 6.23. The average Bonchev–Trinajstić information content (AvgIpc) is 2.36. The molecule has 0 aromatic carbocycles. The highest BCUT2D eigenvalue weighted by Crippen LogP contribution is 2.58. The molecule has 0 radical (unpaired) electrons. The number of hydrogen-bond acceptors (Lipinski definition) is 2. The van der Waals surface area contributed by atoms with Gasteiger partial charge < -0.3 is 10.5 Å². The number of rotatable bonds is 1. The minimum absolute atomic E-state index is 0.245. The fourth-order valence-corrected chi connectivity index (χ4v) is 3.02. The van der Waals surface area contributed by atoms with Crippen LogP contribution in [0.2, 0.25) is 0 Å². The predicted molar refractivity (Wildman–Crippen MR) is 49.5 cm³/mol. The van der Waals surface area contributed by atoms with Gasteiger partial charge in [0.25, 0.3) is 0 Å². The predicted octanol–water partition coefficient (Wildman–Crippen LogP) is 1.18. The summed E-state index contributed by atoms with van der Waals surface area (Å²) in [4.78, 5) is 10.3. The van der Waals surface area contributed by atoms with Crippen molar-refractivity contribution < 1.29 is 9.53 Å². The van der Waals surface area contributed by atoms with Crippen LogP contribution >= 0.6 is 11.6 Å². The monoisotopic (exact) mass is 203 g/mol. The van der Waals surface area contributed by atoms with Crippen molar-refractivity contribution in [3.8, 4) is 0 Å². The average molecular weight is 204 g/mol. The Morgan fingerprint density at radius 2 is 2.08 bits per heavy atom. The van der Waals surface area contributed by atoms with Crippen LogP contribution in [-0.4, -0.2) is 22.0 Å². The van der Waals surface area contributed by atoms with E-state index in [2.05, 4.69) is 0 Å². The lowest BCUT2D eigenvalue weighted by Gasteiger charge is -2.34. The molecule has 0 unspecified atom stereocenters. The number of nitrogens with two attached hydrogens (primary N) is 1. The van der Waals surface area contributed by atoms with Crippen molar-refractivity contribution >= 4 is 17.5 Å². The molecule has 2 rings (SSSR count). The van der Waals surface area contributed by atoms with E-state index in [1.54, 1.807) is 0 Å². The summed E-state index contributed by atoms with van der Waals surface area (Å²) in [5.74, 6) is -0.458. The number of primary amides is 1. The first kappa shape index (κ1) is 9.28. The number of halogens is 1. The zero-order chi connectivity index (χ0) is 9.91. The molecular formula is C9H14ClNO2. The van der Waals surface area contributed by atoms with Crippen molar-refractivity contribution in [1.82, 2.24) is 0 Å². The van der Waals surface area contributed by atoms with Crippen molar-refractivity contribution in [2.75, 3.05) is 0 Å². The van der Waals surface area contributed by atoms with Gasteiger partial charge in [0.15, 0.2) is 4.87 Å². The number of hydrogen-bond donors (Lipinski definition) is 1. The Bertz CT molecular complexity index is 283. The van der Waals surface area contributed by atoms with E-state index in [1.807, 2.05) is 13.8 Å². The third-order valence-corrected chi connectivity index (χ3v) is 4.17. The van der Waals surface area contributed by atoms with Gasteiger partial charge in [-0.3, -0.25) is 4.79 Å². The van der Waals surface area contributed by atoms with Gasteiger partial charge in [-0.1, -0.05) is 0 Å². The number of fused-ring (bicyclic) bond motifs is 2. The Morgan fingerprint density at radius 1 is 1.46 bits per heavy atom. The molecule has 0 aromatic rings. The SMILES string of the molecule is C[C@]12CC[C@](C)(O1)[C@](Cl)(C(N)=O)C2. The molecule has 2 saturated heterocycles. The van der Waals surface area contributed by atoms with Crippen LogP contribution in [-0.2, 0) is 9.53 Å². The quantitative estimate of drug-likeness (QED) is 0.651. The molecule has 0 saturated carbocycles. The third kappa shape index (κ3) is 0.974. The van der Waals surface area contributed by atoms with Gasteiger partial charge in [-0.15, -0.1) is 11.6 Å². The molecule has 4 heteroatoms. The number of alkyl halides is 1. The number of carbonyl (C=O) groups is 1. The second-order valence-corrected chi connectivity index (χ2v) is 5.27. The highest BCUT2D eigenvalue weighted by atomic mass is 35.5. The Kier molecular flexibility index (Phi) is 1.57. The third-order valence-electron chi connectivity index (χ3n) is 3.45. The number of ether oxygens (including phenoxy) is 1. The lowest BCUT2D eigenvalue weighted by atomic mass is 9.74. The fraction of sp³-hybridized carbons (Fsp3) is 0.889. The van der Waals surface area contributed by atoms with E-state index >= 15 is 0 Å². The molecule has 2 aliphatic rings. The van der Waals surface area contributed by atoms with E-state index in [-0.39, 0.29) is 5.60 Å². The maximum absolute atomic E-state index is 11.3. The van der Waals surface area contributed by atoms with Gasteiger partial charge >= 0.3 is 0 Å². The van der Waals surface area contributed by atoms with Crippen LogP contribution < -0.4 is 5.73 Å². The van der Waals surface area contributed by atoms with Gasteiger partial charge in [0, 0.05) is 6.42 Å². The summed E-state index contributed by atoms with van der Waals surface area (Å²) in [6.45, 7) is 3.87. The van der Waals surface area contributed by atoms with E-state index in [0.29, 0.717) is 6.42 Å². The first-order chi connectivity index (χ1) is 5.81. The van der Waals surface area contributed by atoms with Gasteiger partial charge in [-0.2, -0.15) is 0 Å². The summed E-state index contributed by atoms with van der Waals surface area (Å²) < 4.78 is 5.79. The zero-order valence-electron chi connectivity index (χ0n) is 7.89. The van der Waals surface area contributed by atoms with Gasteiger partial charge in [0.05, 0.1) is 11.2 Å². The first-order valence-electron chi connectivity index (χ1n) is 4.50. The summed E-state index contributed by atoms with van der Waals surface area (Å²) in [6.07, 6.45) is 2.31. The molecule has 2 aliphatic heterocycles. The molecule has 2 heterocycles. The van der Waals surface area contributed by atoms with Gasteiger partial charge in [0.1, 0.15) is 0 Å². The minimum atomic E-state index is -1.00. The maximum atomic E-state index is 11.3. The van der Waals surface area contributed by atoms with Crippen molar-refractivity contribution in [3.63, 3.8) is 0 Å². The molecule has 2 fully saturated rings. The normalized spacial score (nSPS) is 54.1. The van der Waals surface area contributed by atoms with E-state index in [4.69, 9.17) is 22.1 Å². The van der Waals surface area contributed by atoms with Crippen LogP contribution in [0.15, 0.2) is 0 Å². The highest BCUT2D eigenvalue weighted by Gasteiger charge is 2.67. The van der Waals surface area contributed by atoms with Gasteiger partial charge in [0.2, 0.25) is 5.91 Å². The van der Waals surface area contributed by atoms with E-state index in [9.17, 15) is 4.79 Å². The van der Waals surface area contributed by atoms with Crippen LogP contribution in [0.1, 0.15) is 33.1 Å². The van der Waals surface area contributed by atoms with Gasteiger partial charge in [-0.25, -0.2) is 0 Å². The molecule has 2 N–H and O–H groups in total. The summed E-state index contributed by atoms with van der Waals surface area (Å²) in [7, 11) is 0. The van der Waals surface area contributed by atoms with Crippen molar-refractivity contribution in [2.45, 2.75) is 49.2 Å². The summed E-state index contributed by atoms with van der Waals surface area (Å²) in [5.41, 5.74) is 4.51. The lowest BCUT2D eigenvalue weighted by Crippen LogP contribution is -2.53. The summed E-state index contributed by atoms with van der Waals surface area (Å²) in [6, 6.07) is 0. The molecule has 0 aromatic heterocycles. The summed E-state index contributed by atoms with van der Waals surface area (Å²) in [5, 5.41) is 0. The zero-order valence-corrected chi connectivity index (χ0v) is 8.65. The molecule has 74 valence electrons. The van der Waals surface area contributed by atoms with Gasteiger partial charge in [-0.05, 0) is 26.7 Å². The molecule has 13 heavy (non-hydrogen) atoms. The Hall–Kier alpha value is -0.280. The maximum Gasteiger partial charge on any atom is 0.241 e. The molecule has 3 atom stereocenters. The smallest absolute Gasteiger partial charge is 0.241 e. The highest BCUT2D eigenvalue weighted by molar-refractivity contribution is 6.36. The van der Waals surface area contributed by atoms with Crippen molar-refractivity contribution in [3.05, 3.63) is 0 Å². The van der Waals surface area contributed by atoms with Crippen molar-refractivity contribution in [2.24, 2.45) is 5.73 Å². The topological polar surface area (TPSA) is 52.3 Å². The number of carbonyl (C=O) groups excluding carboxylic acids is 1. The van der Waals surface area contributed by atoms with E-state index in [0.717, 1.165) is 12.8 Å². The standard InChI is InChI=1S/C9H14ClNO2/c1-7-3-4-8(2,13-7)9(10,5-7)6(11)12/h3-5H2,1-2H3,(H2,11,12)/t7-,8+,9-/m1/s1. The Morgan fingerprint density at radius 3 is 2.31 bits per heavy atom. The molecule has 0 spiro atoms. The fourth-order valence-electron chi connectivity index (χ4n) is 2.60. The minimum Gasteiger partial charge on any atom is -0.368 e. The van der Waals surface area contributed by atoms with E-state index < -0.39 is 16.4 Å². The van der Waals surface area contributed by atoms with Crippen LogP contribution in [0.25, 0.3) is 0 Å². The van der Waals surface area contributed by atoms with Crippen LogP contribution in [0.4, 0.5) is 0 Å². The van der Waals surface area contributed by atoms with Crippen LogP contribution in [0.3, 0.4) is 0 Å². The molecule has 0 aliphatic carbocycles. The second kappa shape index (κ2) is 2.20. The molecular weight excluding hydrogens is 190 g/mol. The van der Waals surface area contributed by atoms with Crippen LogP contribution in [0.5, 0.6) is 0 Å². The van der Waals surface area contributed by atoms with E-state index in [1.165, 1.54) is 0 Å². The Labute approximate surface area is 82.6 Å². The first-order valence-corrected chi connectivity index (χ1v) is 4.88. The largest absolute Gasteiger partial charge is 0.368 e. The second-order valence-electron chi connectivity index (χ2n) is 4.63. The molecule has 3 nitrogen and oxygen atoms in total.